The first-order valence-corrected chi connectivity index (χ1v) is 6.48. The Labute approximate surface area is 118 Å². The Balaban J connectivity index is 2.59. The molecule has 0 atom stereocenters. The summed E-state index contributed by atoms with van der Waals surface area (Å²) in [5.74, 6) is 0.0836. The molecule has 0 aliphatic rings. The van der Waals surface area contributed by atoms with Gasteiger partial charge >= 0.3 is 0 Å². The van der Waals surface area contributed by atoms with Crippen LogP contribution in [0, 0.1) is 18.3 Å². The van der Waals surface area contributed by atoms with Gasteiger partial charge in [-0.3, -0.25) is 4.79 Å². The van der Waals surface area contributed by atoms with Crippen LogP contribution in [0.3, 0.4) is 0 Å². The second kappa shape index (κ2) is 8.17. The molecule has 0 spiro atoms. The van der Waals surface area contributed by atoms with Gasteiger partial charge in [0.1, 0.15) is 11.6 Å². The summed E-state index contributed by atoms with van der Waals surface area (Å²) < 4.78 is 0. The molecule has 100 valence electrons. The van der Waals surface area contributed by atoms with Crippen LogP contribution < -0.4 is 10.6 Å². The number of rotatable bonds is 6. The third kappa shape index (κ3) is 5.45. The first kappa shape index (κ1) is 15.1. The molecule has 5 heteroatoms. The van der Waals surface area contributed by atoms with E-state index in [9.17, 15) is 4.79 Å². The monoisotopic (exact) mass is 277 g/mol. The van der Waals surface area contributed by atoms with Crippen LogP contribution in [0.4, 0.5) is 5.69 Å². The number of halogens is 1. The van der Waals surface area contributed by atoms with Crippen LogP contribution in [0.15, 0.2) is 36.0 Å². The maximum atomic E-state index is 11.6. The van der Waals surface area contributed by atoms with E-state index in [0.29, 0.717) is 18.8 Å². The molecule has 1 amide bonds. The molecule has 0 saturated carbocycles. The van der Waals surface area contributed by atoms with Gasteiger partial charge in [0.15, 0.2) is 0 Å². The minimum atomic E-state index is -0.396. The second-order valence-corrected chi connectivity index (χ2v) is 4.36. The average Bonchev–Trinajstić information content (AvgIpc) is 2.42. The van der Waals surface area contributed by atoms with Crippen molar-refractivity contribution in [3.8, 4) is 6.07 Å². The number of hydrogen-bond donors (Lipinski definition) is 2. The number of nitriles is 1. The predicted molar refractivity (Wildman–Crippen MR) is 76.8 cm³/mol. The van der Waals surface area contributed by atoms with E-state index in [1.807, 2.05) is 37.3 Å². The van der Waals surface area contributed by atoms with Gasteiger partial charge in [0.25, 0.3) is 5.91 Å². The van der Waals surface area contributed by atoms with Gasteiger partial charge in [-0.1, -0.05) is 17.7 Å². The fourth-order valence-electron chi connectivity index (χ4n) is 1.32. The molecule has 0 unspecified atom stereocenters. The predicted octanol–water partition coefficient (Wildman–Crippen LogP) is 2.56. The summed E-state index contributed by atoms with van der Waals surface area (Å²) in [6.45, 7) is 2.45. The van der Waals surface area contributed by atoms with E-state index in [2.05, 4.69) is 10.6 Å². The summed E-state index contributed by atoms with van der Waals surface area (Å²) in [6.07, 6.45) is 2.08. The third-order valence-electron chi connectivity index (χ3n) is 2.40. The second-order valence-electron chi connectivity index (χ2n) is 3.98. The lowest BCUT2D eigenvalue weighted by molar-refractivity contribution is -0.117. The molecule has 0 aliphatic carbocycles. The van der Waals surface area contributed by atoms with Gasteiger partial charge in [-0.2, -0.15) is 5.26 Å². The summed E-state index contributed by atoms with van der Waals surface area (Å²) >= 11 is 5.51. The Bertz CT molecular complexity index is 488. The number of benzene rings is 1. The first-order valence-electron chi connectivity index (χ1n) is 5.95. The summed E-state index contributed by atoms with van der Waals surface area (Å²) in [5, 5.41) is 14.5. The van der Waals surface area contributed by atoms with E-state index in [-0.39, 0.29) is 5.57 Å². The minimum Gasteiger partial charge on any atom is -0.360 e. The summed E-state index contributed by atoms with van der Waals surface area (Å²) in [5.41, 5.74) is 2.01. The fraction of sp³-hybridized carbons (Fsp3) is 0.286. The lowest BCUT2D eigenvalue weighted by atomic mass is 10.2. The number of nitrogens with one attached hydrogen (secondary N) is 2. The van der Waals surface area contributed by atoms with Crippen molar-refractivity contribution in [1.82, 2.24) is 5.32 Å². The van der Waals surface area contributed by atoms with Crippen LogP contribution in [0.25, 0.3) is 0 Å². The molecule has 4 nitrogen and oxygen atoms in total. The largest absolute Gasteiger partial charge is 0.360 e. The van der Waals surface area contributed by atoms with Crippen molar-refractivity contribution in [2.45, 2.75) is 13.3 Å². The van der Waals surface area contributed by atoms with Crippen molar-refractivity contribution in [2.24, 2.45) is 0 Å². The lowest BCUT2D eigenvalue weighted by Gasteiger charge is -2.04. The van der Waals surface area contributed by atoms with Crippen molar-refractivity contribution >= 4 is 23.2 Å². The normalized spacial score (nSPS) is 10.7. The fourth-order valence-corrected chi connectivity index (χ4v) is 1.45. The Morgan fingerprint density at radius 2 is 2.11 bits per heavy atom. The summed E-state index contributed by atoms with van der Waals surface area (Å²) in [6, 6.07) is 9.52. The van der Waals surface area contributed by atoms with E-state index in [1.54, 1.807) is 0 Å². The van der Waals surface area contributed by atoms with E-state index in [1.165, 1.54) is 6.20 Å². The van der Waals surface area contributed by atoms with Gasteiger partial charge in [-0.15, -0.1) is 11.6 Å². The Morgan fingerprint density at radius 3 is 2.68 bits per heavy atom. The molecule has 0 aromatic heterocycles. The van der Waals surface area contributed by atoms with Crippen molar-refractivity contribution in [3.05, 3.63) is 41.6 Å². The maximum Gasteiger partial charge on any atom is 0.263 e. The van der Waals surface area contributed by atoms with Crippen molar-refractivity contribution in [1.29, 1.82) is 5.26 Å². The van der Waals surface area contributed by atoms with Gasteiger partial charge in [-0.05, 0) is 25.5 Å². The number of aryl methyl sites for hydroxylation is 1. The molecule has 0 radical (unpaired) electrons. The third-order valence-corrected chi connectivity index (χ3v) is 2.66. The van der Waals surface area contributed by atoms with Gasteiger partial charge in [-0.25, -0.2) is 0 Å². The molecule has 0 aliphatic heterocycles. The minimum absolute atomic E-state index is 0.0372. The molecule has 1 aromatic rings. The van der Waals surface area contributed by atoms with Crippen LogP contribution in [0.5, 0.6) is 0 Å². The molecule has 0 saturated heterocycles. The molecular formula is C14H16ClN3O. The van der Waals surface area contributed by atoms with E-state index < -0.39 is 5.91 Å². The zero-order valence-corrected chi connectivity index (χ0v) is 11.5. The maximum absolute atomic E-state index is 11.6. The van der Waals surface area contributed by atoms with Crippen molar-refractivity contribution in [2.75, 3.05) is 17.7 Å². The zero-order valence-electron chi connectivity index (χ0n) is 10.7. The van der Waals surface area contributed by atoms with Crippen molar-refractivity contribution < 1.29 is 4.79 Å². The highest BCUT2D eigenvalue weighted by atomic mass is 35.5. The Hall–Kier alpha value is -1.99. The number of carbonyl (C=O) groups is 1. The molecule has 0 heterocycles. The number of hydrogen-bond acceptors (Lipinski definition) is 3. The zero-order chi connectivity index (χ0) is 14.1. The van der Waals surface area contributed by atoms with Crippen LogP contribution in [-0.2, 0) is 4.79 Å². The first-order chi connectivity index (χ1) is 9.17. The highest BCUT2D eigenvalue weighted by Gasteiger charge is 2.07. The molecule has 0 bridgehead atoms. The number of alkyl halides is 1. The number of amides is 1. The SMILES string of the molecule is Cc1ccc(N/C=C(/C#N)C(=O)NCCCCl)cc1. The van der Waals surface area contributed by atoms with E-state index in [0.717, 1.165) is 11.3 Å². The Morgan fingerprint density at radius 1 is 1.42 bits per heavy atom. The molecular weight excluding hydrogens is 262 g/mol. The standard InChI is InChI=1S/C14H16ClN3O/c1-11-3-5-13(6-4-11)18-10-12(9-16)14(19)17-8-2-7-15/h3-6,10,18H,2,7-8H2,1H3,(H,17,19)/b12-10-. The quantitative estimate of drug-likeness (QED) is 0.363. The van der Waals surface area contributed by atoms with Crippen molar-refractivity contribution in [3.63, 3.8) is 0 Å². The topological polar surface area (TPSA) is 64.9 Å². The smallest absolute Gasteiger partial charge is 0.263 e. The highest BCUT2D eigenvalue weighted by molar-refractivity contribution is 6.17. The number of nitrogens with zero attached hydrogens (tertiary/aromatic N) is 1. The highest BCUT2D eigenvalue weighted by Crippen LogP contribution is 2.09. The van der Waals surface area contributed by atoms with Crippen LogP contribution >= 0.6 is 11.6 Å². The molecule has 1 rings (SSSR count). The number of carbonyl (C=O) groups excluding carboxylic acids is 1. The van der Waals surface area contributed by atoms with Crippen LogP contribution in [-0.4, -0.2) is 18.3 Å². The molecule has 1 aromatic carbocycles. The van der Waals surface area contributed by atoms with Gasteiger partial charge in [0.2, 0.25) is 0 Å². The molecule has 2 N–H and O–H groups in total. The summed E-state index contributed by atoms with van der Waals surface area (Å²) in [7, 11) is 0. The molecule has 0 fully saturated rings. The van der Waals surface area contributed by atoms with Gasteiger partial charge < -0.3 is 10.6 Å². The van der Waals surface area contributed by atoms with E-state index in [4.69, 9.17) is 16.9 Å². The Kier molecular flexibility index (Phi) is 6.48. The van der Waals surface area contributed by atoms with Crippen LogP contribution in [0.2, 0.25) is 0 Å². The van der Waals surface area contributed by atoms with Gasteiger partial charge in [0, 0.05) is 24.3 Å². The molecule has 19 heavy (non-hydrogen) atoms. The lowest BCUT2D eigenvalue weighted by Crippen LogP contribution is -2.26. The van der Waals surface area contributed by atoms with Gasteiger partial charge in [0.05, 0.1) is 0 Å². The van der Waals surface area contributed by atoms with E-state index >= 15 is 0 Å². The average molecular weight is 278 g/mol. The van der Waals surface area contributed by atoms with Crippen LogP contribution in [0.1, 0.15) is 12.0 Å². The number of anilines is 1. The summed E-state index contributed by atoms with van der Waals surface area (Å²) in [4.78, 5) is 11.6.